The molecular weight excluding hydrogens is 284 g/mol. The Balaban J connectivity index is 2.20. The number of hydrogen-bond acceptors (Lipinski definition) is 2. The molecule has 3 rings (SSSR count). The maximum absolute atomic E-state index is 12.6. The number of fused-ring (bicyclic) bond motifs is 1. The summed E-state index contributed by atoms with van der Waals surface area (Å²) in [7, 11) is 0. The fourth-order valence-electron chi connectivity index (χ4n) is 2.94. The number of amides is 1. The maximum Gasteiger partial charge on any atom is 0.256 e. The van der Waals surface area contributed by atoms with Crippen LogP contribution < -0.4 is 5.32 Å². The molecule has 0 saturated carbocycles. The van der Waals surface area contributed by atoms with Crippen molar-refractivity contribution in [3.05, 3.63) is 65.2 Å². The van der Waals surface area contributed by atoms with Gasteiger partial charge in [-0.05, 0) is 42.2 Å². The van der Waals surface area contributed by atoms with Crippen molar-refractivity contribution in [2.45, 2.75) is 26.2 Å². The molecular formula is C20H18N2O. The summed E-state index contributed by atoms with van der Waals surface area (Å²) in [6.45, 7) is 2.14. The summed E-state index contributed by atoms with van der Waals surface area (Å²) >= 11 is 0. The number of unbranched alkanes of at least 4 members (excludes halogenated alkanes) is 1. The second kappa shape index (κ2) is 6.50. The standard InChI is InChI=1S/C20H18N2O/c1-2-3-9-16(15-7-5-4-6-8-15)19-17-12-14(13-21)10-11-18(17)22-20(19)23/h4-8,10-12H,2-3,9H2,1H3,(H,22,23)/b19-16-. The van der Waals surface area contributed by atoms with E-state index in [4.69, 9.17) is 5.26 Å². The fraction of sp³-hybridized carbons (Fsp3) is 0.200. The third-order valence-electron chi connectivity index (χ3n) is 4.10. The molecule has 1 N–H and O–H groups in total. The van der Waals surface area contributed by atoms with E-state index in [0.717, 1.165) is 41.6 Å². The Hall–Kier alpha value is -2.86. The van der Waals surface area contributed by atoms with Gasteiger partial charge in [0.1, 0.15) is 0 Å². The van der Waals surface area contributed by atoms with E-state index < -0.39 is 0 Å². The van der Waals surface area contributed by atoms with Crippen LogP contribution in [0, 0.1) is 11.3 Å². The predicted octanol–water partition coefficient (Wildman–Crippen LogP) is 4.61. The average molecular weight is 302 g/mol. The van der Waals surface area contributed by atoms with Crippen molar-refractivity contribution >= 4 is 22.7 Å². The van der Waals surface area contributed by atoms with E-state index in [1.807, 2.05) is 30.3 Å². The fourth-order valence-corrected chi connectivity index (χ4v) is 2.94. The minimum atomic E-state index is -0.0787. The van der Waals surface area contributed by atoms with E-state index in [0.29, 0.717) is 11.1 Å². The third-order valence-corrected chi connectivity index (χ3v) is 4.10. The Morgan fingerprint density at radius 1 is 1.17 bits per heavy atom. The van der Waals surface area contributed by atoms with Gasteiger partial charge in [0.05, 0.1) is 17.2 Å². The highest BCUT2D eigenvalue weighted by molar-refractivity contribution is 6.36. The monoisotopic (exact) mass is 302 g/mol. The minimum absolute atomic E-state index is 0.0787. The van der Waals surface area contributed by atoms with Crippen molar-refractivity contribution in [2.24, 2.45) is 0 Å². The maximum atomic E-state index is 12.6. The van der Waals surface area contributed by atoms with Crippen LogP contribution in [-0.2, 0) is 4.79 Å². The van der Waals surface area contributed by atoms with Crippen LogP contribution >= 0.6 is 0 Å². The molecule has 1 heterocycles. The van der Waals surface area contributed by atoms with Gasteiger partial charge in [0.25, 0.3) is 5.91 Å². The van der Waals surface area contributed by atoms with Crippen LogP contribution in [0.2, 0.25) is 0 Å². The summed E-state index contributed by atoms with van der Waals surface area (Å²) in [6.07, 6.45) is 2.93. The first-order valence-corrected chi connectivity index (χ1v) is 7.89. The van der Waals surface area contributed by atoms with Gasteiger partial charge in [-0.1, -0.05) is 43.7 Å². The molecule has 1 aliphatic heterocycles. The zero-order valence-electron chi connectivity index (χ0n) is 13.1. The number of hydrogen-bond donors (Lipinski definition) is 1. The lowest BCUT2D eigenvalue weighted by atomic mass is 9.91. The smallest absolute Gasteiger partial charge is 0.256 e. The molecule has 3 nitrogen and oxygen atoms in total. The summed E-state index contributed by atoms with van der Waals surface area (Å²) in [5.41, 5.74) is 5.02. The van der Waals surface area contributed by atoms with Crippen LogP contribution in [0.3, 0.4) is 0 Å². The first-order valence-electron chi connectivity index (χ1n) is 7.89. The van der Waals surface area contributed by atoms with Crippen LogP contribution in [0.1, 0.15) is 42.9 Å². The van der Waals surface area contributed by atoms with Gasteiger partial charge in [-0.15, -0.1) is 0 Å². The van der Waals surface area contributed by atoms with Crippen LogP contribution in [0.25, 0.3) is 11.1 Å². The van der Waals surface area contributed by atoms with Crippen LogP contribution in [0.5, 0.6) is 0 Å². The van der Waals surface area contributed by atoms with Crippen LogP contribution in [0.15, 0.2) is 48.5 Å². The van der Waals surface area contributed by atoms with Crippen molar-refractivity contribution in [1.29, 1.82) is 5.26 Å². The lowest BCUT2D eigenvalue weighted by Crippen LogP contribution is -2.06. The van der Waals surface area contributed by atoms with E-state index in [2.05, 4.69) is 18.3 Å². The van der Waals surface area contributed by atoms with Gasteiger partial charge in [0.15, 0.2) is 0 Å². The predicted molar refractivity (Wildman–Crippen MR) is 92.6 cm³/mol. The van der Waals surface area contributed by atoms with Crippen LogP contribution in [-0.4, -0.2) is 5.91 Å². The van der Waals surface area contributed by atoms with Crippen molar-refractivity contribution < 1.29 is 4.79 Å². The molecule has 23 heavy (non-hydrogen) atoms. The number of anilines is 1. The van der Waals surface area contributed by atoms with Gasteiger partial charge in [-0.2, -0.15) is 5.26 Å². The van der Waals surface area contributed by atoms with Crippen molar-refractivity contribution in [2.75, 3.05) is 5.32 Å². The van der Waals surface area contributed by atoms with Gasteiger partial charge in [-0.25, -0.2) is 0 Å². The van der Waals surface area contributed by atoms with E-state index in [-0.39, 0.29) is 5.91 Å². The van der Waals surface area contributed by atoms with Gasteiger partial charge in [0.2, 0.25) is 0 Å². The molecule has 1 aliphatic rings. The molecule has 2 aromatic rings. The number of allylic oxidation sites excluding steroid dienone is 1. The highest BCUT2D eigenvalue weighted by Gasteiger charge is 2.28. The van der Waals surface area contributed by atoms with Crippen molar-refractivity contribution in [3.63, 3.8) is 0 Å². The molecule has 1 amide bonds. The molecule has 114 valence electrons. The Bertz CT molecular complexity index is 813. The van der Waals surface area contributed by atoms with E-state index in [9.17, 15) is 4.79 Å². The summed E-state index contributed by atoms with van der Waals surface area (Å²) in [5.74, 6) is -0.0787. The molecule has 0 radical (unpaired) electrons. The Morgan fingerprint density at radius 2 is 1.96 bits per heavy atom. The normalized spacial score (nSPS) is 14.9. The SMILES string of the molecule is CCCC/C(=C1/C(=O)Nc2ccc(C#N)cc21)c1ccccc1. The molecule has 0 saturated heterocycles. The largest absolute Gasteiger partial charge is 0.321 e. The van der Waals surface area contributed by atoms with E-state index in [1.54, 1.807) is 18.2 Å². The molecule has 0 spiro atoms. The highest BCUT2D eigenvalue weighted by Crippen LogP contribution is 2.39. The number of carbonyl (C=O) groups is 1. The molecule has 0 aliphatic carbocycles. The number of nitrogens with one attached hydrogen (secondary N) is 1. The van der Waals surface area contributed by atoms with Crippen molar-refractivity contribution in [1.82, 2.24) is 0 Å². The second-order valence-corrected chi connectivity index (χ2v) is 5.65. The average Bonchev–Trinajstić information content (AvgIpc) is 2.91. The van der Waals surface area contributed by atoms with E-state index in [1.165, 1.54) is 0 Å². The summed E-state index contributed by atoms with van der Waals surface area (Å²) in [5, 5.41) is 12.1. The number of benzene rings is 2. The molecule has 0 aromatic heterocycles. The highest BCUT2D eigenvalue weighted by atomic mass is 16.2. The zero-order chi connectivity index (χ0) is 16.2. The summed E-state index contributed by atoms with van der Waals surface area (Å²) in [6, 6.07) is 17.5. The Labute approximate surface area is 136 Å². The third kappa shape index (κ3) is 2.89. The summed E-state index contributed by atoms with van der Waals surface area (Å²) < 4.78 is 0. The number of nitriles is 1. The molecule has 2 aromatic carbocycles. The first-order chi connectivity index (χ1) is 11.2. The van der Waals surface area contributed by atoms with Crippen molar-refractivity contribution in [3.8, 4) is 6.07 Å². The zero-order valence-corrected chi connectivity index (χ0v) is 13.1. The van der Waals surface area contributed by atoms with Gasteiger partial charge < -0.3 is 5.32 Å². The van der Waals surface area contributed by atoms with Gasteiger partial charge in [-0.3, -0.25) is 4.79 Å². The molecule has 0 fully saturated rings. The Morgan fingerprint density at radius 3 is 2.65 bits per heavy atom. The number of carbonyl (C=O) groups excluding carboxylic acids is 1. The number of rotatable bonds is 4. The lowest BCUT2D eigenvalue weighted by Gasteiger charge is -2.11. The summed E-state index contributed by atoms with van der Waals surface area (Å²) in [4.78, 5) is 12.6. The molecule has 0 unspecified atom stereocenters. The van der Waals surface area contributed by atoms with Crippen LogP contribution in [0.4, 0.5) is 5.69 Å². The van der Waals surface area contributed by atoms with E-state index >= 15 is 0 Å². The van der Waals surface area contributed by atoms with Gasteiger partial charge >= 0.3 is 0 Å². The molecule has 0 atom stereocenters. The molecule has 0 bridgehead atoms. The quantitative estimate of drug-likeness (QED) is 0.838. The second-order valence-electron chi connectivity index (χ2n) is 5.65. The van der Waals surface area contributed by atoms with Gasteiger partial charge in [0, 0.05) is 11.3 Å². The Kier molecular flexibility index (Phi) is 4.25. The topological polar surface area (TPSA) is 52.9 Å². The number of nitrogens with zero attached hydrogens (tertiary/aromatic N) is 1. The minimum Gasteiger partial charge on any atom is -0.321 e. The first kappa shape index (κ1) is 15.1. The lowest BCUT2D eigenvalue weighted by molar-refractivity contribution is -0.110. The molecule has 3 heteroatoms.